The topological polar surface area (TPSA) is 55.1 Å². The second kappa shape index (κ2) is 4.02. The zero-order valence-electron chi connectivity index (χ0n) is 10.5. The molecule has 16 heavy (non-hydrogen) atoms. The molecule has 2 aliphatic carbocycles. The van der Waals surface area contributed by atoms with Gasteiger partial charge in [-0.25, -0.2) is 0 Å². The van der Waals surface area contributed by atoms with Gasteiger partial charge >= 0.3 is 0 Å². The van der Waals surface area contributed by atoms with Gasteiger partial charge < -0.3 is 11.1 Å². The zero-order valence-corrected chi connectivity index (χ0v) is 10.5. The number of amides is 1. The Morgan fingerprint density at radius 2 is 1.94 bits per heavy atom. The minimum atomic E-state index is -0.511. The fraction of sp³-hybridized carbons (Fsp3) is 0.923. The van der Waals surface area contributed by atoms with E-state index in [9.17, 15) is 4.79 Å². The van der Waals surface area contributed by atoms with Crippen molar-refractivity contribution < 1.29 is 4.79 Å². The van der Waals surface area contributed by atoms with E-state index in [1.165, 1.54) is 25.7 Å². The van der Waals surface area contributed by atoms with Gasteiger partial charge in [0.05, 0.1) is 5.54 Å². The van der Waals surface area contributed by atoms with Crippen LogP contribution < -0.4 is 11.1 Å². The maximum atomic E-state index is 11.8. The summed E-state index contributed by atoms with van der Waals surface area (Å²) < 4.78 is 0. The fourth-order valence-corrected chi connectivity index (χ4v) is 2.80. The molecular formula is C13H24N2O. The Hall–Kier alpha value is -0.570. The summed E-state index contributed by atoms with van der Waals surface area (Å²) in [5.74, 6) is 0.785. The molecule has 0 spiro atoms. The van der Waals surface area contributed by atoms with Crippen molar-refractivity contribution in [1.82, 2.24) is 5.32 Å². The first-order valence-electron chi connectivity index (χ1n) is 6.53. The molecule has 92 valence electrons. The lowest BCUT2D eigenvalue weighted by Gasteiger charge is -2.43. The van der Waals surface area contributed by atoms with Gasteiger partial charge in [0.1, 0.15) is 0 Å². The zero-order chi connectivity index (χ0) is 11.8. The van der Waals surface area contributed by atoms with Gasteiger partial charge in [-0.2, -0.15) is 0 Å². The van der Waals surface area contributed by atoms with Crippen molar-refractivity contribution in [3.05, 3.63) is 0 Å². The molecule has 3 heteroatoms. The van der Waals surface area contributed by atoms with Gasteiger partial charge in [0.25, 0.3) is 0 Å². The Morgan fingerprint density at radius 3 is 2.31 bits per heavy atom. The molecule has 0 aromatic carbocycles. The molecule has 2 saturated carbocycles. The molecule has 3 N–H and O–H groups in total. The minimum absolute atomic E-state index is 0.0718. The van der Waals surface area contributed by atoms with E-state index in [1.54, 1.807) is 0 Å². The van der Waals surface area contributed by atoms with Gasteiger partial charge in [-0.1, -0.05) is 20.3 Å². The predicted molar refractivity (Wildman–Crippen MR) is 64.9 cm³/mol. The highest BCUT2D eigenvalue weighted by Gasteiger charge is 2.47. The summed E-state index contributed by atoms with van der Waals surface area (Å²) in [4.78, 5) is 11.8. The Labute approximate surface area is 98.2 Å². The van der Waals surface area contributed by atoms with Gasteiger partial charge in [0.15, 0.2) is 0 Å². The monoisotopic (exact) mass is 224 g/mol. The first-order valence-corrected chi connectivity index (χ1v) is 6.53. The fourth-order valence-electron chi connectivity index (χ4n) is 2.80. The van der Waals surface area contributed by atoms with Crippen LogP contribution in [-0.2, 0) is 4.79 Å². The average Bonchev–Trinajstić information content (AvgIpc) is 2.88. The van der Waals surface area contributed by atoms with E-state index in [0.717, 1.165) is 19.4 Å². The standard InChI is InChI=1S/C13H24N2O/c1-10(2)8-12(4-3-5-12)9-15-11(16)13(14)6-7-13/h10H,3-9,14H2,1-2H3,(H,15,16). The highest BCUT2D eigenvalue weighted by molar-refractivity contribution is 5.88. The van der Waals surface area contributed by atoms with Gasteiger partial charge in [-0.3, -0.25) is 4.79 Å². The maximum Gasteiger partial charge on any atom is 0.240 e. The van der Waals surface area contributed by atoms with Crippen molar-refractivity contribution in [3.63, 3.8) is 0 Å². The molecule has 2 fully saturated rings. The SMILES string of the molecule is CC(C)CC1(CNC(=O)C2(N)CC2)CCC1. The highest BCUT2D eigenvalue weighted by atomic mass is 16.2. The molecule has 0 unspecified atom stereocenters. The lowest BCUT2D eigenvalue weighted by molar-refractivity contribution is -0.124. The highest BCUT2D eigenvalue weighted by Crippen LogP contribution is 2.45. The summed E-state index contributed by atoms with van der Waals surface area (Å²) in [6.45, 7) is 5.35. The largest absolute Gasteiger partial charge is 0.354 e. The third-order valence-electron chi connectivity index (χ3n) is 4.12. The van der Waals surface area contributed by atoms with Crippen molar-refractivity contribution in [1.29, 1.82) is 0 Å². The van der Waals surface area contributed by atoms with Crippen LogP contribution in [0.1, 0.15) is 52.4 Å². The summed E-state index contributed by atoms with van der Waals surface area (Å²) in [6.07, 6.45) is 6.79. The van der Waals surface area contributed by atoms with E-state index in [1.807, 2.05) is 0 Å². The molecule has 1 amide bonds. The van der Waals surface area contributed by atoms with Gasteiger partial charge in [-0.05, 0) is 43.4 Å². The second-order valence-corrected chi connectivity index (χ2v) is 6.29. The smallest absolute Gasteiger partial charge is 0.240 e. The van der Waals surface area contributed by atoms with Gasteiger partial charge in [0.2, 0.25) is 5.91 Å². The van der Waals surface area contributed by atoms with E-state index in [2.05, 4.69) is 19.2 Å². The Kier molecular flexibility index (Phi) is 2.99. The van der Waals surface area contributed by atoms with E-state index >= 15 is 0 Å². The first-order chi connectivity index (χ1) is 7.46. The molecule has 2 aliphatic rings. The Balaban J connectivity index is 1.81. The summed E-state index contributed by atoms with van der Waals surface area (Å²) in [5, 5.41) is 3.07. The normalized spacial score (nSPS) is 25.0. The van der Waals surface area contributed by atoms with Crippen LogP contribution in [0, 0.1) is 11.3 Å². The molecule has 0 aromatic rings. The van der Waals surface area contributed by atoms with Crippen LogP contribution in [0.4, 0.5) is 0 Å². The second-order valence-electron chi connectivity index (χ2n) is 6.29. The van der Waals surface area contributed by atoms with Crippen LogP contribution in [0.25, 0.3) is 0 Å². The van der Waals surface area contributed by atoms with Gasteiger partial charge in [0, 0.05) is 6.54 Å². The van der Waals surface area contributed by atoms with Crippen molar-refractivity contribution in [2.24, 2.45) is 17.1 Å². The number of hydrogen-bond donors (Lipinski definition) is 2. The van der Waals surface area contributed by atoms with E-state index in [4.69, 9.17) is 5.73 Å². The van der Waals surface area contributed by atoms with Crippen molar-refractivity contribution in [2.45, 2.75) is 57.9 Å². The lowest BCUT2D eigenvalue weighted by Crippen LogP contribution is -2.49. The molecule has 0 aromatic heterocycles. The number of carbonyl (C=O) groups is 1. The lowest BCUT2D eigenvalue weighted by atomic mass is 9.64. The molecule has 0 aliphatic heterocycles. The number of nitrogens with two attached hydrogens (primary N) is 1. The quantitative estimate of drug-likeness (QED) is 0.748. The summed E-state index contributed by atoms with van der Waals surface area (Å²) >= 11 is 0. The van der Waals surface area contributed by atoms with Crippen LogP contribution in [0.3, 0.4) is 0 Å². The summed E-state index contributed by atoms with van der Waals surface area (Å²) in [7, 11) is 0. The third kappa shape index (κ3) is 2.40. The molecule has 0 atom stereocenters. The van der Waals surface area contributed by atoms with Gasteiger partial charge in [-0.15, -0.1) is 0 Å². The minimum Gasteiger partial charge on any atom is -0.354 e. The van der Waals surface area contributed by atoms with Crippen LogP contribution in [0.15, 0.2) is 0 Å². The van der Waals surface area contributed by atoms with Crippen LogP contribution >= 0.6 is 0 Å². The first kappa shape index (κ1) is 11.9. The number of hydrogen-bond acceptors (Lipinski definition) is 2. The molecule has 0 radical (unpaired) electrons. The van der Waals surface area contributed by atoms with Crippen LogP contribution in [0.2, 0.25) is 0 Å². The Bertz CT molecular complexity index is 278. The summed E-state index contributed by atoms with van der Waals surface area (Å²) in [6, 6.07) is 0. The molecule has 0 saturated heterocycles. The summed E-state index contributed by atoms with van der Waals surface area (Å²) in [5.41, 5.74) is 5.74. The molecule has 2 rings (SSSR count). The predicted octanol–water partition coefficient (Wildman–Crippen LogP) is 1.81. The maximum absolute atomic E-state index is 11.8. The van der Waals surface area contributed by atoms with Crippen LogP contribution in [-0.4, -0.2) is 18.0 Å². The Morgan fingerprint density at radius 1 is 1.31 bits per heavy atom. The van der Waals surface area contributed by atoms with Crippen molar-refractivity contribution in [2.75, 3.05) is 6.54 Å². The number of nitrogens with one attached hydrogen (secondary N) is 1. The van der Waals surface area contributed by atoms with Crippen LogP contribution in [0.5, 0.6) is 0 Å². The molecule has 3 nitrogen and oxygen atoms in total. The van der Waals surface area contributed by atoms with E-state index in [-0.39, 0.29) is 5.91 Å². The molecular weight excluding hydrogens is 200 g/mol. The third-order valence-corrected chi connectivity index (χ3v) is 4.12. The van der Waals surface area contributed by atoms with Crippen molar-refractivity contribution >= 4 is 5.91 Å². The van der Waals surface area contributed by atoms with Crippen molar-refractivity contribution in [3.8, 4) is 0 Å². The van der Waals surface area contributed by atoms with E-state index in [0.29, 0.717) is 11.3 Å². The average molecular weight is 224 g/mol. The van der Waals surface area contributed by atoms with E-state index < -0.39 is 5.54 Å². The number of carbonyl (C=O) groups excluding carboxylic acids is 1. The molecule has 0 heterocycles. The molecule has 0 bridgehead atoms. The number of rotatable bonds is 5.